The van der Waals surface area contributed by atoms with E-state index in [9.17, 15) is 4.79 Å². The molecule has 0 aromatic heterocycles. The van der Waals surface area contributed by atoms with Gasteiger partial charge in [0.1, 0.15) is 0 Å². The number of halogens is 1. The highest BCUT2D eigenvalue weighted by atomic mass is 35.5. The zero-order valence-electron chi connectivity index (χ0n) is 6.63. The maximum absolute atomic E-state index is 11.3. The molecule has 1 aromatic rings. The molecule has 1 heterocycles. The number of nitrogen functional groups attached to an aromatic ring is 1. The van der Waals surface area contributed by atoms with Crippen LogP contribution in [-0.4, -0.2) is 12.6 Å². The average molecular weight is 199 g/mol. The molecule has 1 aliphatic rings. The second kappa shape index (κ2) is 2.81. The van der Waals surface area contributed by atoms with Crippen LogP contribution in [0, 0.1) is 0 Å². The van der Waals surface area contributed by atoms with Crippen molar-refractivity contribution in [3.05, 3.63) is 22.7 Å². The predicted octanol–water partition coefficient (Wildman–Crippen LogP) is 1.00. The fourth-order valence-corrected chi connectivity index (χ4v) is 1.44. The van der Waals surface area contributed by atoms with E-state index in [2.05, 4.69) is 5.32 Å². The summed E-state index contributed by atoms with van der Waals surface area (Å²) < 4.78 is 5.16. The highest BCUT2D eigenvalue weighted by Crippen LogP contribution is 2.31. The molecule has 0 unspecified atom stereocenters. The van der Waals surface area contributed by atoms with Gasteiger partial charge in [-0.3, -0.25) is 4.79 Å². The maximum atomic E-state index is 11.3. The van der Waals surface area contributed by atoms with Crippen molar-refractivity contribution in [1.82, 2.24) is 5.32 Å². The molecule has 0 aliphatic carbocycles. The minimum Gasteiger partial charge on any atom is -0.470 e. The Labute approximate surface area is 79.6 Å². The summed E-state index contributed by atoms with van der Waals surface area (Å²) in [5, 5.41) is 2.94. The molecule has 0 bridgehead atoms. The molecule has 1 aromatic carbocycles. The molecule has 0 saturated carbocycles. The number of anilines is 1. The van der Waals surface area contributed by atoms with Gasteiger partial charge in [0.2, 0.25) is 0 Å². The zero-order chi connectivity index (χ0) is 9.42. The van der Waals surface area contributed by atoms with Gasteiger partial charge in [-0.15, -0.1) is 0 Å². The number of hydrogen-bond donors (Lipinski definition) is 2. The van der Waals surface area contributed by atoms with E-state index >= 15 is 0 Å². The van der Waals surface area contributed by atoms with E-state index in [1.165, 1.54) is 6.07 Å². The van der Waals surface area contributed by atoms with Crippen LogP contribution in [-0.2, 0) is 0 Å². The molecule has 0 saturated heterocycles. The summed E-state index contributed by atoms with van der Waals surface area (Å²) in [5.41, 5.74) is 6.39. The van der Waals surface area contributed by atoms with E-state index in [1.54, 1.807) is 6.07 Å². The van der Waals surface area contributed by atoms with Crippen LogP contribution in [0.25, 0.3) is 0 Å². The van der Waals surface area contributed by atoms with E-state index in [0.717, 1.165) is 0 Å². The van der Waals surface area contributed by atoms with Gasteiger partial charge in [-0.05, 0) is 12.1 Å². The van der Waals surface area contributed by atoms with Crippen LogP contribution >= 0.6 is 11.6 Å². The van der Waals surface area contributed by atoms with Crippen LogP contribution in [0.1, 0.15) is 10.4 Å². The van der Waals surface area contributed by atoms with Crippen LogP contribution in [0.4, 0.5) is 5.69 Å². The maximum Gasteiger partial charge on any atom is 0.257 e. The number of carbonyl (C=O) groups excluding carboxylic acids is 1. The first kappa shape index (κ1) is 8.19. The molecule has 0 atom stereocenters. The Morgan fingerprint density at radius 3 is 3.08 bits per heavy atom. The Hall–Kier alpha value is -1.42. The SMILES string of the molecule is Nc1cc(Cl)cc2c1OCNC2=O. The highest BCUT2D eigenvalue weighted by Gasteiger charge is 2.20. The monoisotopic (exact) mass is 198 g/mol. The highest BCUT2D eigenvalue weighted by molar-refractivity contribution is 6.31. The second-order valence-corrected chi connectivity index (χ2v) is 3.10. The summed E-state index contributed by atoms with van der Waals surface area (Å²) in [6.45, 7) is 0.150. The Morgan fingerprint density at radius 1 is 1.54 bits per heavy atom. The van der Waals surface area contributed by atoms with Crippen molar-refractivity contribution in [3.63, 3.8) is 0 Å². The van der Waals surface area contributed by atoms with E-state index in [1.807, 2.05) is 0 Å². The number of fused-ring (bicyclic) bond motifs is 1. The van der Waals surface area contributed by atoms with E-state index < -0.39 is 0 Å². The largest absolute Gasteiger partial charge is 0.470 e. The van der Waals surface area contributed by atoms with Crippen molar-refractivity contribution < 1.29 is 9.53 Å². The molecule has 3 N–H and O–H groups in total. The van der Waals surface area contributed by atoms with Gasteiger partial charge in [0, 0.05) is 5.02 Å². The number of amides is 1. The topological polar surface area (TPSA) is 64.3 Å². The summed E-state index contributed by atoms with van der Waals surface area (Å²) >= 11 is 5.73. The van der Waals surface area contributed by atoms with Crippen molar-refractivity contribution in [2.45, 2.75) is 0 Å². The Balaban J connectivity index is 2.63. The first-order valence-corrected chi connectivity index (χ1v) is 4.06. The lowest BCUT2D eigenvalue weighted by Crippen LogP contribution is -2.33. The van der Waals surface area contributed by atoms with Crippen LogP contribution in [0.15, 0.2) is 12.1 Å². The van der Waals surface area contributed by atoms with Gasteiger partial charge in [-0.25, -0.2) is 0 Å². The quantitative estimate of drug-likeness (QED) is 0.612. The van der Waals surface area contributed by atoms with Gasteiger partial charge in [0.05, 0.1) is 11.3 Å². The van der Waals surface area contributed by atoms with E-state index in [-0.39, 0.29) is 12.6 Å². The fourth-order valence-electron chi connectivity index (χ4n) is 1.21. The van der Waals surface area contributed by atoms with Crippen molar-refractivity contribution in [2.24, 2.45) is 0 Å². The number of benzene rings is 1. The van der Waals surface area contributed by atoms with Crippen molar-refractivity contribution in [1.29, 1.82) is 0 Å². The third kappa shape index (κ3) is 1.29. The standard InChI is InChI=1S/C8H7ClN2O2/c9-4-1-5-7(6(10)2-4)13-3-11-8(5)12/h1-2H,3,10H2,(H,11,12). The Kier molecular flexibility index (Phi) is 1.77. The normalized spacial score (nSPS) is 14.4. The van der Waals surface area contributed by atoms with Crippen LogP contribution in [0.2, 0.25) is 5.02 Å². The molecule has 2 rings (SSSR count). The number of rotatable bonds is 0. The molecule has 1 amide bonds. The molecule has 4 nitrogen and oxygen atoms in total. The van der Waals surface area contributed by atoms with Gasteiger partial charge in [0.25, 0.3) is 5.91 Å². The van der Waals surface area contributed by atoms with Gasteiger partial charge < -0.3 is 15.8 Å². The molecule has 13 heavy (non-hydrogen) atoms. The summed E-state index contributed by atoms with van der Waals surface area (Å²) in [4.78, 5) is 11.3. The molecule has 0 radical (unpaired) electrons. The minimum absolute atomic E-state index is 0.150. The zero-order valence-corrected chi connectivity index (χ0v) is 7.39. The van der Waals surface area contributed by atoms with Gasteiger partial charge in [0.15, 0.2) is 12.5 Å². The van der Waals surface area contributed by atoms with E-state index in [4.69, 9.17) is 22.1 Å². The lowest BCUT2D eigenvalue weighted by molar-refractivity contribution is 0.0884. The lowest BCUT2D eigenvalue weighted by Gasteiger charge is -2.19. The summed E-state index contributed by atoms with van der Waals surface area (Å²) in [7, 11) is 0. The number of ether oxygens (including phenoxy) is 1. The molecule has 0 spiro atoms. The lowest BCUT2D eigenvalue weighted by atomic mass is 10.1. The molecule has 68 valence electrons. The number of carbonyl (C=O) groups is 1. The third-order valence-electron chi connectivity index (χ3n) is 1.78. The van der Waals surface area contributed by atoms with Crippen molar-refractivity contribution in [2.75, 3.05) is 12.5 Å². The number of nitrogens with two attached hydrogens (primary N) is 1. The molecule has 5 heteroatoms. The average Bonchev–Trinajstić information content (AvgIpc) is 2.07. The first-order valence-electron chi connectivity index (χ1n) is 3.68. The van der Waals surface area contributed by atoms with Gasteiger partial charge in [-0.2, -0.15) is 0 Å². The van der Waals surface area contributed by atoms with Crippen LogP contribution in [0.5, 0.6) is 5.75 Å². The van der Waals surface area contributed by atoms with Gasteiger partial charge in [-0.1, -0.05) is 11.6 Å². The van der Waals surface area contributed by atoms with Crippen molar-refractivity contribution in [3.8, 4) is 5.75 Å². The molecule has 0 fully saturated rings. The predicted molar refractivity (Wildman–Crippen MR) is 48.8 cm³/mol. The summed E-state index contributed by atoms with van der Waals surface area (Å²) in [6, 6.07) is 3.08. The first-order chi connectivity index (χ1) is 6.18. The number of hydrogen-bond acceptors (Lipinski definition) is 3. The minimum atomic E-state index is -0.213. The van der Waals surface area contributed by atoms with Crippen molar-refractivity contribution >= 4 is 23.2 Å². The molecule has 1 aliphatic heterocycles. The summed E-state index contributed by atoms with van der Waals surface area (Å²) in [5.74, 6) is 0.198. The Morgan fingerprint density at radius 2 is 2.31 bits per heavy atom. The Bertz CT molecular complexity index is 379. The molecular weight excluding hydrogens is 192 g/mol. The van der Waals surface area contributed by atoms with Crippen LogP contribution in [0.3, 0.4) is 0 Å². The van der Waals surface area contributed by atoms with E-state index in [0.29, 0.717) is 22.0 Å². The second-order valence-electron chi connectivity index (χ2n) is 2.67. The smallest absolute Gasteiger partial charge is 0.257 e. The number of nitrogens with one attached hydrogen (secondary N) is 1. The third-order valence-corrected chi connectivity index (χ3v) is 1.99. The summed E-state index contributed by atoms with van der Waals surface area (Å²) in [6.07, 6.45) is 0. The molecular formula is C8H7ClN2O2. The van der Waals surface area contributed by atoms with Crippen LogP contribution < -0.4 is 15.8 Å². The van der Waals surface area contributed by atoms with Gasteiger partial charge >= 0.3 is 0 Å². The fraction of sp³-hybridized carbons (Fsp3) is 0.125.